The Morgan fingerprint density at radius 1 is 0.968 bits per heavy atom. The molecule has 0 radical (unpaired) electrons. The van der Waals surface area contributed by atoms with Gasteiger partial charge < -0.3 is 9.64 Å². The zero-order valence-electron chi connectivity index (χ0n) is 17.8. The number of rotatable bonds is 7. The summed E-state index contributed by atoms with van der Waals surface area (Å²) in [7, 11) is 0. The molecule has 1 amide bonds. The van der Waals surface area contributed by atoms with Gasteiger partial charge in [-0.3, -0.25) is 4.79 Å². The SMILES string of the molecule is Cc1ccc(COc2ccc(/C=N\NC(=O)c3ccc(N4CCCC4)cc3)cc2)cc1. The zero-order chi connectivity index (χ0) is 21.5. The summed E-state index contributed by atoms with van der Waals surface area (Å²) in [5.74, 6) is 0.571. The standard InChI is InChI=1S/C26H27N3O2/c1-20-4-6-22(7-5-20)19-31-25-14-8-21(9-15-25)18-27-28-26(30)23-10-12-24(13-11-23)29-16-2-3-17-29/h4-15,18H,2-3,16-17,19H2,1H3,(H,28,30)/b27-18-. The van der Waals surface area contributed by atoms with E-state index >= 15 is 0 Å². The Morgan fingerprint density at radius 2 is 1.65 bits per heavy atom. The van der Waals surface area contributed by atoms with Gasteiger partial charge in [0.15, 0.2) is 0 Å². The number of anilines is 1. The van der Waals surface area contributed by atoms with Gasteiger partial charge in [-0.05, 0) is 79.4 Å². The highest BCUT2D eigenvalue weighted by molar-refractivity contribution is 5.95. The van der Waals surface area contributed by atoms with Crippen LogP contribution in [0, 0.1) is 6.92 Å². The average Bonchev–Trinajstić information content (AvgIpc) is 3.35. The smallest absolute Gasteiger partial charge is 0.271 e. The number of carbonyl (C=O) groups excluding carboxylic acids is 1. The second-order valence-electron chi connectivity index (χ2n) is 7.78. The van der Waals surface area contributed by atoms with Crippen molar-refractivity contribution in [1.29, 1.82) is 0 Å². The largest absolute Gasteiger partial charge is 0.489 e. The molecule has 158 valence electrons. The maximum atomic E-state index is 12.3. The number of benzene rings is 3. The predicted molar refractivity (Wildman–Crippen MR) is 125 cm³/mol. The van der Waals surface area contributed by atoms with Gasteiger partial charge in [-0.2, -0.15) is 5.10 Å². The molecule has 3 aromatic carbocycles. The van der Waals surface area contributed by atoms with Crippen LogP contribution in [0.3, 0.4) is 0 Å². The van der Waals surface area contributed by atoms with Gasteiger partial charge in [0.2, 0.25) is 0 Å². The predicted octanol–water partition coefficient (Wildman–Crippen LogP) is 4.94. The van der Waals surface area contributed by atoms with Crippen LogP contribution < -0.4 is 15.1 Å². The molecule has 1 heterocycles. The molecule has 1 N–H and O–H groups in total. The van der Waals surface area contributed by atoms with E-state index in [4.69, 9.17) is 4.74 Å². The molecule has 31 heavy (non-hydrogen) atoms. The van der Waals surface area contributed by atoms with Gasteiger partial charge in [-0.25, -0.2) is 5.43 Å². The van der Waals surface area contributed by atoms with Crippen LogP contribution in [0.25, 0.3) is 0 Å². The molecule has 1 fully saturated rings. The maximum absolute atomic E-state index is 12.3. The highest BCUT2D eigenvalue weighted by Crippen LogP contribution is 2.20. The Hall–Kier alpha value is -3.60. The highest BCUT2D eigenvalue weighted by atomic mass is 16.5. The van der Waals surface area contributed by atoms with E-state index in [1.807, 2.05) is 48.5 Å². The first kappa shape index (κ1) is 20.7. The van der Waals surface area contributed by atoms with Gasteiger partial charge in [0.05, 0.1) is 6.21 Å². The van der Waals surface area contributed by atoms with Crippen LogP contribution in [0.15, 0.2) is 77.9 Å². The molecular formula is C26H27N3O2. The molecule has 0 bridgehead atoms. The lowest BCUT2D eigenvalue weighted by Gasteiger charge is -2.17. The molecule has 4 rings (SSSR count). The highest BCUT2D eigenvalue weighted by Gasteiger charge is 2.12. The molecule has 5 nitrogen and oxygen atoms in total. The number of nitrogens with zero attached hydrogens (tertiary/aromatic N) is 2. The number of hydrogen-bond acceptors (Lipinski definition) is 4. The van der Waals surface area contributed by atoms with E-state index in [1.165, 1.54) is 24.1 Å². The van der Waals surface area contributed by atoms with E-state index in [0.717, 1.165) is 30.0 Å². The second-order valence-corrected chi connectivity index (χ2v) is 7.78. The van der Waals surface area contributed by atoms with Crippen LogP contribution in [-0.4, -0.2) is 25.2 Å². The molecule has 0 atom stereocenters. The van der Waals surface area contributed by atoms with E-state index in [0.29, 0.717) is 12.2 Å². The fourth-order valence-corrected chi connectivity index (χ4v) is 3.53. The van der Waals surface area contributed by atoms with Gasteiger partial charge in [0.1, 0.15) is 12.4 Å². The fraction of sp³-hybridized carbons (Fsp3) is 0.231. The van der Waals surface area contributed by atoms with Gasteiger partial charge in [0, 0.05) is 24.3 Å². The Labute approximate surface area is 183 Å². The van der Waals surface area contributed by atoms with E-state index in [2.05, 4.69) is 46.6 Å². The van der Waals surface area contributed by atoms with Crippen molar-refractivity contribution < 1.29 is 9.53 Å². The topological polar surface area (TPSA) is 53.9 Å². The van der Waals surface area contributed by atoms with Gasteiger partial charge in [-0.1, -0.05) is 29.8 Å². The summed E-state index contributed by atoms with van der Waals surface area (Å²) in [5.41, 5.74) is 7.60. The molecular weight excluding hydrogens is 386 g/mol. The second kappa shape index (κ2) is 9.94. The van der Waals surface area contributed by atoms with Crippen molar-refractivity contribution in [2.45, 2.75) is 26.4 Å². The number of ether oxygens (including phenoxy) is 1. The summed E-state index contributed by atoms with van der Waals surface area (Å²) in [6, 6.07) is 23.6. The van der Waals surface area contributed by atoms with Crippen LogP contribution >= 0.6 is 0 Å². The zero-order valence-corrected chi connectivity index (χ0v) is 17.8. The lowest BCUT2D eigenvalue weighted by atomic mass is 10.2. The lowest BCUT2D eigenvalue weighted by Crippen LogP contribution is -2.19. The molecule has 0 unspecified atom stereocenters. The van der Waals surface area contributed by atoms with Crippen molar-refractivity contribution in [3.63, 3.8) is 0 Å². The third-order valence-electron chi connectivity index (χ3n) is 5.39. The van der Waals surface area contributed by atoms with Crippen LogP contribution in [-0.2, 0) is 6.61 Å². The maximum Gasteiger partial charge on any atom is 0.271 e. The summed E-state index contributed by atoms with van der Waals surface area (Å²) in [4.78, 5) is 14.6. The van der Waals surface area contributed by atoms with Gasteiger partial charge in [-0.15, -0.1) is 0 Å². The molecule has 0 spiro atoms. The fourth-order valence-electron chi connectivity index (χ4n) is 3.53. The minimum absolute atomic E-state index is 0.220. The van der Waals surface area contributed by atoms with E-state index in [1.54, 1.807) is 6.21 Å². The Morgan fingerprint density at radius 3 is 2.32 bits per heavy atom. The Bertz CT molecular complexity index is 1020. The number of hydrazone groups is 1. The number of aryl methyl sites for hydroxylation is 1. The van der Waals surface area contributed by atoms with E-state index in [9.17, 15) is 4.79 Å². The Balaban J connectivity index is 1.26. The molecule has 1 aliphatic heterocycles. The minimum Gasteiger partial charge on any atom is -0.489 e. The lowest BCUT2D eigenvalue weighted by molar-refractivity contribution is 0.0955. The van der Waals surface area contributed by atoms with Crippen molar-refractivity contribution in [3.05, 3.63) is 95.1 Å². The van der Waals surface area contributed by atoms with Gasteiger partial charge >= 0.3 is 0 Å². The summed E-state index contributed by atoms with van der Waals surface area (Å²) < 4.78 is 5.82. The van der Waals surface area contributed by atoms with Crippen LogP contribution in [0.5, 0.6) is 5.75 Å². The van der Waals surface area contributed by atoms with Crippen LogP contribution in [0.2, 0.25) is 0 Å². The van der Waals surface area contributed by atoms with Crippen molar-refractivity contribution in [2.75, 3.05) is 18.0 Å². The quantitative estimate of drug-likeness (QED) is 0.441. The molecule has 3 aromatic rings. The normalized spacial score (nSPS) is 13.5. The van der Waals surface area contributed by atoms with Gasteiger partial charge in [0.25, 0.3) is 5.91 Å². The monoisotopic (exact) mass is 413 g/mol. The minimum atomic E-state index is -0.220. The molecule has 1 saturated heterocycles. The molecule has 1 aliphatic rings. The number of carbonyl (C=O) groups is 1. The van der Waals surface area contributed by atoms with Crippen molar-refractivity contribution >= 4 is 17.8 Å². The molecule has 0 aromatic heterocycles. The van der Waals surface area contributed by atoms with E-state index in [-0.39, 0.29) is 5.91 Å². The molecule has 5 heteroatoms. The first-order chi connectivity index (χ1) is 15.2. The Kier molecular flexibility index (Phi) is 6.62. The van der Waals surface area contributed by atoms with Crippen molar-refractivity contribution in [2.24, 2.45) is 5.10 Å². The summed E-state index contributed by atoms with van der Waals surface area (Å²) in [5, 5.41) is 4.07. The number of nitrogens with one attached hydrogen (secondary N) is 1. The van der Waals surface area contributed by atoms with Crippen molar-refractivity contribution in [3.8, 4) is 5.75 Å². The first-order valence-corrected chi connectivity index (χ1v) is 10.6. The van der Waals surface area contributed by atoms with E-state index < -0.39 is 0 Å². The molecule has 0 saturated carbocycles. The summed E-state index contributed by atoms with van der Waals surface area (Å²) >= 11 is 0. The first-order valence-electron chi connectivity index (χ1n) is 10.6. The van der Waals surface area contributed by atoms with Crippen LogP contribution in [0.4, 0.5) is 5.69 Å². The number of amides is 1. The third kappa shape index (κ3) is 5.72. The average molecular weight is 414 g/mol. The van der Waals surface area contributed by atoms with Crippen molar-refractivity contribution in [1.82, 2.24) is 5.43 Å². The summed E-state index contributed by atoms with van der Waals surface area (Å²) in [6.45, 7) is 4.77. The molecule has 0 aliphatic carbocycles. The number of hydrogen-bond donors (Lipinski definition) is 1. The summed E-state index contributed by atoms with van der Waals surface area (Å²) in [6.07, 6.45) is 4.09. The van der Waals surface area contributed by atoms with Crippen LogP contribution in [0.1, 0.15) is 39.9 Å². The third-order valence-corrected chi connectivity index (χ3v) is 5.39.